The molecule has 2 rings (SSSR count). The molecule has 0 radical (unpaired) electrons. The summed E-state index contributed by atoms with van der Waals surface area (Å²) in [6.45, 7) is 2.89. The van der Waals surface area contributed by atoms with Crippen molar-refractivity contribution in [3.63, 3.8) is 0 Å². The Bertz CT molecular complexity index is 756. The molecule has 0 unspecified atom stereocenters. The van der Waals surface area contributed by atoms with Gasteiger partial charge in [-0.15, -0.1) is 0 Å². The fraction of sp³-hybridized carbons (Fsp3) is 0.182. The van der Waals surface area contributed by atoms with Gasteiger partial charge in [0.25, 0.3) is 9.05 Å². The van der Waals surface area contributed by atoms with E-state index in [4.69, 9.17) is 10.7 Å². The van der Waals surface area contributed by atoms with Crippen molar-refractivity contribution in [2.24, 2.45) is 0 Å². The van der Waals surface area contributed by atoms with E-state index in [1.807, 2.05) is 0 Å². The van der Waals surface area contributed by atoms with Crippen LogP contribution in [0, 0.1) is 25.5 Å². The molecule has 0 saturated carbocycles. The van der Waals surface area contributed by atoms with Crippen molar-refractivity contribution in [2.45, 2.75) is 18.7 Å². The Morgan fingerprint density at radius 3 is 2.37 bits per heavy atom. The van der Waals surface area contributed by atoms with Crippen LogP contribution in [-0.2, 0) is 9.05 Å². The zero-order valence-electron chi connectivity index (χ0n) is 9.99. The highest BCUT2D eigenvalue weighted by Gasteiger charge is 2.24. The van der Waals surface area contributed by atoms with Gasteiger partial charge in [-0.25, -0.2) is 21.9 Å². The second-order valence-corrected chi connectivity index (χ2v) is 6.45. The number of hydrogen-bond donors (Lipinski definition) is 0. The standard InChI is InChI=1S/C11H9ClF2N2O2S/c1-6-11(19(12,17)18)7(2)16(15-6)10-4-3-8(13)5-9(10)14/h3-5H,1-2H3. The number of benzene rings is 1. The Morgan fingerprint density at radius 1 is 1.26 bits per heavy atom. The fourth-order valence-electron chi connectivity index (χ4n) is 1.87. The van der Waals surface area contributed by atoms with Gasteiger partial charge in [-0.1, -0.05) is 0 Å². The lowest BCUT2D eigenvalue weighted by molar-refractivity contribution is 0.572. The summed E-state index contributed by atoms with van der Waals surface area (Å²) in [5, 5.41) is 3.93. The summed E-state index contributed by atoms with van der Waals surface area (Å²) >= 11 is 0. The summed E-state index contributed by atoms with van der Waals surface area (Å²) in [6.07, 6.45) is 0. The molecule has 8 heteroatoms. The maximum absolute atomic E-state index is 13.7. The predicted octanol–water partition coefficient (Wildman–Crippen LogP) is 2.69. The number of rotatable bonds is 2. The third kappa shape index (κ3) is 2.48. The van der Waals surface area contributed by atoms with Gasteiger partial charge in [0.2, 0.25) is 0 Å². The van der Waals surface area contributed by atoms with Gasteiger partial charge in [0, 0.05) is 16.7 Å². The normalized spacial score (nSPS) is 11.8. The molecule has 0 aliphatic heterocycles. The lowest BCUT2D eigenvalue weighted by Crippen LogP contribution is -2.03. The average Bonchev–Trinajstić information content (AvgIpc) is 2.53. The van der Waals surface area contributed by atoms with Gasteiger partial charge < -0.3 is 0 Å². The molecule has 1 aromatic heterocycles. The largest absolute Gasteiger partial charge is 0.264 e. The van der Waals surface area contributed by atoms with Gasteiger partial charge in [0.1, 0.15) is 16.4 Å². The van der Waals surface area contributed by atoms with Crippen LogP contribution in [0.15, 0.2) is 23.1 Å². The molecule has 4 nitrogen and oxygen atoms in total. The Balaban J connectivity index is 2.72. The third-order valence-corrected chi connectivity index (χ3v) is 4.15. The van der Waals surface area contributed by atoms with E-state index in [0.29, 0.717) is 6.07 Å². The summed E-state index contributed by atoms with van der Waals surface area (Å²) in [6, 6.07) is 2.93. The molecule has 0 spiro atoms. The number of aromatic nitrogens is 2. The highest BCUT2D eigenvalue weighted by Crippen LogP contribution is 2.26. The number of nitrogens with zero attached hydrogens (tertiary/aromatic N) is 2. The van der Waals surface area contributed by atoms with Crippen LogP contribution in [0.4, 0.5) is 8.78 Å². The van der Waals surface area contributed by atoms with E-state index in [1.165, 1.54) is 19.9 Å². The van der Waals surface area contributed by atoms with Crippen molar-refractivity contribution in [3.8, 4) is 5.69 Å². The highest BCUT2D eigenvalue weighted by molar-refractivity contribution is 8.13. The molecule has 102 valence electrons. The lowest BCUT2D eigenvalue weighted by Gasteiger charge is -2.05. The van der Waals surface area contributed by atoms with Crippen molar-refractivity contribution in [1.82, 2.24) is 9.78 Å². The van der Waals surface area contributed by atoms with Crippen LogP contribution in [0.5, 0.6) is 0 Å². The molecule has 0 aliphatic rings. The second-order valence-electron chi connectivity index (χ2n) is 3.95. The Morgan fingerprint density at radius 2 is 1.89 bits per heavy atom. The van der Waals surface area contributed by atoms with Crippen LogP contribution < -0.4 is 0 Å². The van der Waals surface area contributed by atoms with E-state index in [0.717, 1.165) is 10.7 Å². The Labute approximate surface area is 113 Å². The first-order chi connectivity index (χ1) is 8.71. The topological polar surface area (TPSA) is 52.0 Å². The molecule has 0 saturated heterocycles. The molecule has 0 N–H and O–H groups in total. The molecule has 19 heavy (non-hydrogen) atoms. The summed E-state index contributed by atoms with van der Waals surface area (Å²) in [7, 11) is 1.32. The van der Waals surface area contributed by atoms with Crippen LogP contribution >= 0.6 is 10.7 Å². The monoisotopic (exact) mass is 306 g/mol. The summed E-state index contributed by atoms with van der Waals surface area (Å²) in [5.41, 5.74) is 0.266. The summed E-state index contributed by atoms with van der Waals surface area (Å²) < 4.78 is 50.4. The quantitative estimate of drug-likeness (QED) is 0.802. The van der Waals surface area contributed by atoms with Crippen LogP contribution in [0.1, 0.15) is 11.4 Å². The number of hydrogen-bond acceptors (Lipinski definition) is 3. The molecule has 0 atom stereocenters. The van der Waals surface area contributed by atoms with Gasteiger partial charge >= 0.3 is 0 Å². The minimum absolute atomic E-state index is 0.0476. The zero-order valence-corrected chi connectivity index (χ0v) is 11.6. The van der Waals surface area contributed by atoms with Gasteiger partial charge in [-0.05, 0) is 26.0 Å². The van der Waals surface area contributed by atoms with E-state index in [1.54, 1.807) is 0 Å². The van der Waals surface area contributed by atoms with Crippen LogP contribution in [0.2, 0.25) is 0 Å². The Hall–Kier alpha value is -1.47. The van der Waals surface area contributed by atoms with Gasteiger partial charge in [-0.3, -0.25) is 0 Å². The summed E-state index contributed by atoms with van der Waals surface area (Å²) in [4.78, 5) is -0.169. The maximum atomic E-state index is 13.7. The average molecular weight is 307 g/mol. The molecular weight excluding hydrogens is 298 g/mol. The van der Waals surface area contributed by atoms with E-state index < -0.39 is 20.7 Å². The van der Waals surface area contributed by atoms with Crippen molar-refractivity contribution in [2.75, 3.05) is 0 Å². The third-order valence-electron chi connectivity index (χ3n) is 2.61. The SMILES string of the molecule is Cc1nn(-c2ccc(F)cc2F)c(C)c1S(=O)(=O)Cl. The van der Waals surface area contributed by atoms with Gasteiger partial charge in [-0.2, -0.15) is 5.10 Å². The first-order valence-electron chi connectivity index (χ1n) is 5.18. The lowest BCUT2D eigenvalue weighted by atomic mass is 10.3. The van der Waals surface area contributed by atoms with E-state index in [2.05, 4.69) is 5.10 Å². The maximum Gasteiger partial charge on any atom is 0.264 e. The minimum Gasteiger partial charge on any atom is -0.233 e. The minimum atomic E-state index is -3.98. The molecule has 0 bridgehead atoms. The molecule has 2 aromatic rings. The van der Waals surface area contributed by atoms with Crippen molar-refractivity contribution in [1.29, 1.82) is 0 Å². The van der Waals surface area contributed by atoms with E-state index in [9.17, 15) is 17.2 Å². The van der Waals surface area contributed by atoms with E-state index in [-0.39, 0.29) is 22.0 Å². The van der Waals surface area contributed by atoms with Crippen LogP contribution in [-0.4, -0.2) is 18.2 Å². The number of halogens is 3. The van der Waals surface area contributed by atoms with Gasteiger partial charge in [0.15, 0.2) is 5.82 Å². The Kier molecular flexibility index (Phi) is 3.36. The van der Waals surface area contributed by atoms with Crippen molar-refractivity contribution in [3.05, 3.63) is 41.2 Å². The molecule has 1 heterocycles. The van der Waals surface area contributed by atoms with Crippen molar-refractivity contribution >= 4 is 19.7 Å². The predicted molar refractivity (Wildman–Crippen MR) is 66.0 cm³/mol. The first-order valence-corrected chi connectivity index (χ1v) is 7.49. The highest BCUT2D eigenvalue weighted by atomic mass is 35.7. The molecule has 0 amide bonds. The summed E-state index contributed by atoms with van der Waals surface area (Å²) in [5.74, 6) is -1.57. The van der Waals surface area contributed by atoms with Gasteiger partial charge in [0.05, 0.1) is 11.4 Å². The molecule has 0 fully saturated rings. The van der Waals surface area contributed by atoms with Crippen LogP contribution in [0.25, 0.3) is 5.69 Å². The molecule has 0 aliphatic carbocycles. The zero-order chi connectivity index (χ0) is 14.4. The molecular formula is C11H9ClF2N2O2S. The molecule has 1 aromatic carbocycles. The van der Waals surface area contributed by atoms with Crippen molar-refractivity contribution < 1.29 is 17.2 Å². The number of aryl methyl sites for hydroxylation is 1. The van der Waals surface area contributed by atoms with E-state index >= 15 is 0 Å². The smallest absolute Gasteiger partial charge is 0.233 e. The van der Waals surface area contributed by atoms with Crippen LogP contribution in [0.3, 0.4) is 0 Å². The second kappa shape index (κ2) is 4.57. The first kappa shape index (κ1) is 14.0. The fourth-order valence-corrected chi connectivity index (χ4v) is 3.37.